The molecule has 0 bridgehead atoms. The zero-order chi connectivity index (χ0) is 37.8. The molecule has 0 radical (unpaired) electrons. The number of nitrogens with one attached hydrogen (secondary N) is 6. The van der Waals surface area contributed by atoms with Crippen molar-refractivity contribution < 1.29 is 63.9 Å². The lowest BCUT2D eigenvalue weighted by atomic mass is 10.1. The van der Waals surface area contributed by atoms with Crippen LogP contribution in [0.25, 0.3) is 0 Å². The third-order valence-corrected chi connectivity index (χ3v) is 6.51. The molecular formula is C26H46N10O13. The van der Waals surface area contributed by atoms with Gasteiger partial charge < -0.3 is 74.6 Å². The molecule has 0 aromatic rings. The Morgan fingerprint density at radius 1 is 0.592 bits per heavy atom. The number of aliphatic imine (C=N–C) groups is 1. The molecule has 0 aromatic carbocycles. The van der Waals surface area contributed by atoms with E-state index in [4.69, 9.17) is 27.4 Å². The van der Waals surface area contributed by atoms with Crippen LogP contribution in [0.5, 0.6) is 0 Å². The molecule has 0 fully saturated rings. The maximum absolute atomic E-state index is 12.9. The number of guanidine groups is 1. The normalized spacial score (nSPS) is 15.0. The second kappa shape index (κ2) is 22.4. The Balaban J connectivity index is 5.45. The van der Waals surface area contributed by atoms with Crippen LogP contribution in [0.1, 0.15) is 39.5 Å². The highest BCUT2D eigenvalue weighted by Crippen LogP contribution is 2.02. The fourth-order valence-corrected chi connectivity index (χ4v) is 3.64. The summed E-state index contributed by atoms with van der Waals surface area (Å²) in [6, 6.07) is -10.5. The summed E-state index contributed by atoms with van der Waals surface area (Å²) >= 11 is 0. The molecule has 7 atom stereocenters. The van der Waals surface area contributed by atoms with Gasteiger partial charge in [0.05, 0.1) is 25.9 Å². The van der Waals surface area contributed by atoms with Crippen LogP contribution in [0.2, 0.25) is 0 Å². The molecule has 0 aliphatic carbocycles. The van der Waals surface area contributed by atoms with Crippen molar-refractivity contribution >= 4 is 53.3 Å². The second-order valence-electron chi connectivity index (χ2n) is 10.6. The van der Waals surface area contributed by atoms with Gasteiger partial charge in [-0.2, -0.15) is 0 Å². The molecule has 0 rings (SSSR count). The van der Waals surface area contributed by atoms with Crippen molar-refractivity contribution in [2.24, 2.45) is 22.2 Å². The van der Waals surface area contributed by atoms with Gasteiger partial charge in [-0.3, -0.25) is 43.3 Å². The van der Waals surface area contributed by atoms with Crippen LogP contribution in [0.3, 0.4) is 0 Å². The van der Waals surface area contributed by atoms with E-state index in [0.717, 1.165) is 0 Å². The molecule has 278 valence electrons. The van der Waals surface area contributed by atoms with E-state index in [1.807, 2.05) is 5.32 Å². The summed E-state index contributed by atoms with van der Waals surface area (Å²) < 4.78 is 0. The molecule has 0 heterocycles. The molecule has 6 amide bonds. The van der Waals surface area contributed by atoms with Crippen molar-refractivity contribution in [1.82, 2.24) is 31.9 Å². The fraction of sp³-hybridized carbons (Fsp3) is 0.654. The predicted molar refractivity (Wildman–Crippen MR) is 167 cm³/mol. The van der Waals surface area contributed by atoms with E-state index < -0.39 is 116 Å². The van der Waals surface area contributed by atoms with Crippen LogP contribution in [-0.4, -0.2) is 148 Å². The van der Waals surface area contributed by atoms with Gasteiger partial charge in [0.2, 0.25) is 35.4 Å². The minimum absolute atomic E-state index is 0.0418. The van der Waals surface area contributed by atoms with E-state index in [0.29, 0.717) is 0 Å². The summed E-state index contributed by atoms with van der Waals surface area (Å²) in [5.41, 5.74) is 16.1. The van der Waals surface area contributed by atoms with E-state index in [-0.39, 0.29) is 31.8 Å². The summed E-state index contributed by atoms with van der Waals surface area (Å²) in [7, 11) is 0. The zero-order valence-corrected chi connectivity index (χ0v) is 26.9. The van der Waals surface area contributed by atoms with Crippen molar-refractivity contribution in [2.45, 2.75) is 81.8 Å². The molecule has 23 heteroatoms. The van der Waals surface area contributed by atoms with Crippen LogP contribution in [0.15, 0.2) is 4.99 Å². The average Bonchev–Trinajstić information content (AvgIpc) is 3.03. The summed E-state index contributed by atoms with van der Waals surface area (Å²) in [6.07, 6.45) is -0.585. The van der Waals surface area contributed by atoms with E-state index in [2.05, 4.69) is 31.6 Å². The molecular weight excluding hydrogens is 660 g/mol. The Morgan fingerprint density at radius 3 is 1.41 bits per heavy atom. The first kappa shape index (κ1) is 43.9. The van der Waals surface area contributed by atoms with Crippen LogP contribution < -0.4 is 49.1 Å². The third-order valence-electron chi connectivity index (χ3n) is 6.51. The topological polar surface area (TPSA) is 400 Å². The van der Waals surface area contributed by atoms with Gasteiger partial charge in [0.1, 0.15) is 36.3 Å². The summed E-state index contributed by atoms with van der Waals surface area (Å²) in [6.45, 7) is -0.680. The highest BCUT2D eigenvalue weighted by atomic mass is 16.4. The van der Waals surface area contributed by atoms with E-state index in [1.54, 1.807) is 0 Å². The number of carboxylic acids is 2. The van der Waals surface area contributed by atoms with Crippen molar-refractivity contribution in [3.05, 3.63) is 0 Å². The number of amides is 6. The van der Waals surface area contributed by atoms with Crippen LogP contribution >= 0.6 is 0 Å². The van der Waals surface area contributed by atoms with Crippen molar-refractivity contribution in [3.8, 4) is 0 Å². The molecule has 0 saturated heterocycles. The molecule has 23 nitrogen and oxygen atoms in total. The molecule has 0 unspecified atom stereocenters. The SMILES string of the molecule is C[C@H](NC(=O)[C@H](CCCN=C(N)N)NC(=O)[C@H](CO)NC(=O)[C@H](CO)NC(=O)[C@H](CO)NC(=O)[C@H](C)NC(=O)[C@@H](N)CCC(=O)O)C(=O)O. The maximum Gasteiger partial charge on any atom is 0.325 e. The fourth-order valence-electron chi connectivity index (χ4n) is 3.64. The first-order chi connectivity index (χ1) is 22.9. The molecule has 17 N–H and O–H groups in total. The van der Waals surface area contributed by atoms with Gasteiger partial charge >= 0.3 is 11.9 Å². The van der Waals surface area contributed by atoms with Gasteiger partial charge in [0.15, 0.2) is 5.96 Å². The highest BCUT2D eigenvalue weighted by Gasteiger charge is 2.32. The number of nitrogens with two attached hydrogens (primary N) is 3. The third kappa shape index (κ3) is 17.0. The highest BCUT2D eigenvalue weighted by molar-refractivity contribution is 5.97. The number of carbonyl (C=O) groups is 8. The first-order valence-corrected chi connectivity index (χ1v) is 14.8. The van der Waals surface area contributed by atoms with Crippen LogP contribution in [-0.2, 0) is 38.4 Å². The zero-order valence-electron chi connectivity index (χ0n) is 26.9. The Labute approximate surface area is 279 Å². The maximum atomic E-state index is 12.9. The van der Waals surface area contributed by atoms with Crippen molar-refractivity contribution in [3.63, 3.8) is 0 Å². The average molecular weight is 707 g/mol. The van der Waals surface area contributed by atoms with Gasteiger partial charge in [-0.25, -0.2) is 0 Å². The van der Waals surface area contributed by atoms with E-state index in [1.165, 1.54) is 13.8 Å². The molecule has 0 saturated carbocycles. The molecule has 0 aliphatic heterocycles. The van der Waals surface area contributed by atoms with Crippen LogP contribution in [0.4, 0.5) is 0 Å². The molecule has 0 aromatic heterocycles. The number of hydrogen-bond donors (Lipinski definition) is 14. The Bertz CT molecular complexity index is 1210. The number of rotatable bonds is 23. The van der Waals surface area contributed by atoms with Gasteiger partial charge in [0, 0.05) is 13.0 Å². The number of aliphatic hydroxyl groups is 3. The number of nitrogens with zero attached hydrogens (tertiary/aromatic N) is 1. The lowest BCUT2D eigenvalue weighted by molar-refractivity contribution is -0.142. The van der Waals surface area contributed by atoms with Crippen LogP contribution in [0, 0.1) is 0 Å². The predicted octanol–water partition coefficient (Wildman–Crippen LogP) is -7.76. The number of aliphatic hydroxyl groups excluding tert-OH is 3. The Kier molecular flexibility index (Phi) is 20.1. The van der Waals surface area contributed by atoms with E-state index in [9.17, 15) is 53.7 Å². The molecule has 0 aliphatic rings. The number of hydrogen-bond acceptors (Lipinski definition) is 13. The summed E-state index contributed by atoms with van der Waals surface area (Å²) in [4.78, 5) is 101. The minimum atomic E-state index is -1.79. The number of aliphatic carboxylic acids is 2. The largest absolute Gasteiger partial charge is 0.481 e. The summed E-state index contributed by atoms with van der Waals surface area (Å²) in [5.74, 6) is -9.05. The number of carbonyl (C=O) groups excluding carboxylic acids is 6. The summed E-state index contributed by atoms with van der Waals surface area (Å²) in [5, 5.41) is 59.8. The standard InChI is InChI=1S/C26H46N10O13/c1-11(31-20(43)13(27)5-6-18(40)41)19(42)34-15(8-37)23(46)36-17(10-39)24(47)35-16(9-38)22(45)33-14(4-3-7-30-26(28)29)21(44)32-12(2)25(48)49/h11-17,37-39H,3-10,27H2,1-2H3,(H,31,43)(H,32,44)(H,33,45)(H,34,42)(H,35,47)(H,36,46)(H,40,41)(H,48,49)(H4,28,29,30)/t11-,12-,13-,14-,15-,16-,17-/m0/s1. The van der Waals surface area contributed by atoms with E-state index >= 15 is 0 Å². The Hall–Kier alpha value is -5.13. The van der Waals surface area contributed by atoms with Crippen molar-refractivity contribution in [2.75, 3.05) is 26.4 Å². The monoisotopic (exact) mass is 706 g/mol. The quantitative estimate of drug-likeness (QED) is 0.0266. The minimum Gasteiger partial charge on any atom is -0.481 e. The van der Waals surface area contributed by atoms with Gasteiger partial charge in [-0.15, -0.1) is 0 Å². The van der Waals surface area contributed by atoms with Gasteiger partial charge in [-0.1, -0.05) is 0 Å². The van der Waals surface area contributed by atoms with Crippen molar-refractivity contribution in [1.29, 1.82) is 0 Å². The lowest BCUT2D eigenvalue weighted by Gasteiger charge is -2.25. The smallest absolute Gasteiger partial charge is 0.325 e. The molecule has 0 spiro atoms. The number of carboxylic acid groups (broad SMARTS) is 2. The first-order valence-electron chi connectivity index (χ1n) is 14.8. The van der Waals surface area contributed by atoms with Gasteiger partial charge in [-0.05, 0) is 33.1 Å². The molecule has 49 heavy (non-hydrogen) atoms. The lowest BCUT2D eigenvalue weighted by Crippen LogP contribution is -2.61. The second-order valence-corrected chi connectivity index (χ2v) is 10.6. The van der Waals surface area contributed by atoms with Gasteiger partial charge in [0.25, 0.3) is 0 Å². The Morgan fingerprint density at radius 2 is 1.00 bits per heavy atom.